The molecule has 2 saturated heterocycles. The highest BCUT2D eigenvalue weighted by Crippen LogP contribution is 2.44. The largest absolute Gasteiger partial charge is 0.381 e. The zero-order chi connectivity index (χ0) is 17.4. The standard InChI is InChI=1S/C19H30N4O2/c1-21-10-16(12-25-11-15-3-4-15)19(13-21)6-8-23(14-19)18(24)9-17-5-7-22(2)20-17/h5,7,15-16H,3-4,6,8-14H2,1-2H3/t16-,19+/m0/s1. The molecule has 6 heteroatoms. The minimum absolute atomic E-state index is 0.211. The van der Waals surface area contributed by atoms with Crippen LogP contribution >= 0.6 is 0 Å². The third-order valence-corrected chi connectivity index (χ3v) is 6.19. The Morgan fingerprint density at radius 2 is 2.16 bits per heavy atom. The molecule has 0 N–H and O–H groups in total. The van der Waals surface area contributed by atoms with Gasteiger partial charge in [0.25, 0.3) is 0 Å². The van der Waals surface area contributed by atoms with Gasteiger partial charge >= 0.3 is 0 Å². The number of aryl methyl sites for hydroxylation is 1. The lowest BCUT2D eigenvalue weighted by Gasteiger charge is -2.30. The quantitative estimate of drug-likeness (QED) is 0.776. The summed E-state index contributed by atoms with van der Waals surface area (Å²) in [7, 11) is 4.08. The van der Waals surface area contributed by atoms with Crippen LogP contribution in [0.4, 0.5) is 0 Å². The van der Waals surface area contributed by atoms with Crippen molar-refractivity contribution in [2.45, 2.75) is 25.7 Å². The van der Waals surface area contributed by atoms with E-state index >= 15 is 0 Å². The second-order valence-electron chi connectivity index (χ2n) is 8.46. The molecule has 2 atom stereocenters. The first-order valence-electron chi connectivity index (χ1n) is 9.57. The fraction of sp³-hybridized carbons (Fsp3) is 0.789. The van der Waals surface area contributed by atoms with Gasteiger partial charge in [0.05, 0.1) is 18.7 Å². The molecule has 1 aromatic rings. The number of aromatic nitrogens is 2. The molecule has 0 bridgehead atoms. The Kier molecular flexibility index (Phi) is 4.58. The van der Waals surface area contributed by atoms with Crippen LogP contribution < -0.4 is 0 Å². The Hall–Kier alpha value is -1.40. The van der Waals surface area contributed by atoms with Gasteiger partial charge in [0, 0.05) is 57.4 Å². The van der Waals surface area contributed by atoms with Crippen molar-refractivity contribution in [2.24, 2.45) is 24.3 Å². The smallest absolute Gasteiger partial charge is 0.228 e. The maximum Gasteiger partial charge on any atom is 0.228 e. The molecule has 0 unspecified atom stereocenters. The van der Waals surface area contributed by atoms with Crippen molar-refractivity contribution in [1.29, 1.82) is 0 Å². The molecule has 6 nitrogen and oxygen atoms in total. The molecular formula is C19H30N4O2. The van der Waals surface area contributed by atoms with Crippen molar-refractivity contribution in [3.8, 4) is 0 Å². The molecule has 1 spiro atoms. The molecule has 138 valence electrons. The van der Waals surface area contributed by atoms with Crippen molar-refractivity contribution in [3.63, 3.8) is 0 Å². The van der Waals surface area contributed by atoms with Gasteiger partial charge in [0.1, 0.15) is 0 Å². The van der Waals surface area contributed by atoms with E-state index in [-0.39, 0.29) is 11.3 Å². The van der Waals surface area contributed by atoms with Gasteiger partial charge in [-0.1, -0.05) is 0 Å². The number of hydrogen-bond donors (Lipinski definition) is 0. The summed E-state index contributed by atoms with van der Waals surface area (Å²) in [5, 5.41) is 4.34. The molecule has 25 heavy (non-hydrogen) atoms. The summed E-state index contributed by atoms with van der Waals surface area (Å²) in [6.45, 7) is 5.70. The average molecular weight is 346 g/mol. The van der Waals surface area contributed by atoms with Gasteiger partial charge in [-0.25, -0.2) is 0 Å². The second kappa shape index (κ2) is 6.72. The van der Waals surface area contributed by atoms with E-state index in [4.69, 9.17) is 4.74 Å². The van der Waals surface area contributed by atoms with Crippen LogP contribution in [0.5, 0.6) is 0 Å². The molecular weight excluding hydrogens is 316 g/mol. The van der Waals surface area contributed by atoms with Crippen LogP contribution in [0.25, 0.3) is 0 Å². The number of amides is 1. The summed E-state index contributed by atoms with van der Waals surface area (Å²) in [5.74, 6) is 1.57. The zero-order valence-electron chi connectivity index (χ0n) is 15.5. The predicted molar refractivity (Wildman–Crippen MR) is 95.1 cm³/mol. The molecule has 1 aliphatic carbocycles. The summed E-state index contributed by atoms with van der Waals surface area (Å²) in [6, 6.07) is 1.93. The number of hydrogen-bond acceptors (Lipinski definition) is 4. The Bertz CT molecular complexity index is 627. The zero-order valence-corrected chi connectivity index (χ0v) is 15.5. The summed E-state index contributed by atoms with van der Waals surface area (Å²) >= 11 is 0. The van der Waals surface area contributed by atoms with E-state index in [1.807, 2.05) is 19.3 Å². The number of nitrogens with zero attached hydrogens (tertiary/aromatic N) is 4. The maximum atomic E-state index is 12.7. The van der Waals surface area contributed by atoms with Crippen LogP contribution in [0, 0.1) is 17.3 Å². The van der Waals surface area contributed by atoms with Crippen LogP contribution in [0.3, 0.4) is 0 Å². The van der Waals surface area contributed by atoms with Gasteiger partial charge in [-0.2, -0.15) is 5.10 Å². The molecule has 2 aliphatic heterocycles. The predicted octanol–water partition coefficient (Wildman–Crippen LogP) is 1.17. The van der Waals surface area contributed by atoms with Gasteiger partial charge in [0.2, 0.25) is 5.91 Å². The Labute approximate surface area is 150 Å². The summed E-state index contributed by atoms with van der Waals surface area (Å²) in [6.07, 6.45) is 6.09. The first-order chi connectivity index (χ1) is 12.0. The van der Waals surface area contributed by atoms with E-state index in [9.17, 15) is 4.79 Å². The monoisotopic (exact) mass is 346 g/mol. The maximum absolute atomic E-state index is 12.7. The topological polar surface area (TPSA) is 50.6 Å². The van der Waals surface area contributed by atoms with Crippen molar-refractivity contribution in [3.05, 3.63) is 18.0 Å². The van der Waals surface area contributed by atoms with Crippen LogP contribution in [0.15, 0.2) is 12.3 Å². The van der Waals surface area contributed by atoms with E-state index in [1.165, 1.54) is 12.8 Å². The summed E-state index contributed by atoms with van der Waals surface area (Å²) in [4.78, 5) is 17.2. The number of carbonyl (C=O) groups is 1. The molecule has 1 amide bonds. The highest BCUT2D eigenvalue weighted by Gasteiger charge is 2.50. The lowest BCUT2D eigenvalue weighted by atomic mass is 9.77. The molecule has 0 aromatic carbocycles. The molecule has 4 rings (SSSR count). The van der Waals surface area contributed by atoms with Crippen LogP contribution in [-0.4, -0.2) is 71.9 Å². The van der Waals surface area contributed by atoms with Crippen LogP contribution in [0.2, 0.25) is 0 Å². The van der Waals surface area contributed by atoms with Gasteiger partial charge < -0.3 is 14.5 Å². The third-order valence-electron chi connectivity index (χ3n) is 6.19. The molecule has 0 radical (unpaired) electrons. The SMILES string of the molecule is CN1C[C@@H](COCC2CC2)[C@]2(CCN(C(=O)Cc3ccn(C)n3)C2)C1. The molecule has 1 aromatic heterocycles. The van der Waals surface area contributed by atoms with Crippen molar-refractivity contribution < 1.29 is 9.53 Å². The third kappa shape index (κ3) is 3.75. The Morgan fingerprint density at radius 3 is 2.88 bits per heavy atom. The normalized spacial score (nSPS) is 29.8. The van der Waals surface area contributed by atoms with E-state index in [2.05, 4.69) is 21.9 Å². The first kappa shape index (κ1) is 17.0. The number of rotatable bonds is 6. The van der Waals surface area contributed by atoms with Crippen LogP contribution in [0.1, 0.15) is 25.0 Å². The number of ether oxygens (including phenoxy) is 1. The first-order valence-corrected chi connectivity index (χ1v) is 9.57. The fourth-order valence-electron chi connectivity index (χ4n) is 4.59. The Morgan fingerprint density at radius 1 is 1.32 bits per heavy atom. The van der Waals surface area contributed by atoms with E-state index in [0.29, 0.717) is 12.3 Å². The van der Waals surface area contributed by atoms with Crippen LogP contribution in [-0.2, 0) is 23.0 Å². The number of likely N-dealkylation sites (tertiary alicyclic amines) is 2. The van der Waals surface area contributed by atoms with E-state index < -0.39 is 0 Å². The minimum atomic E-state index is 0.211. The highest BCUT2D eigenvalue weighted by atomic mass is 16.5. The Balaban J connectivity index is 1.35. The second-order valence-corrected chi connectivity index (χ2v) is 8.46. The van der Waals surface area contributed by atoms with Crippen molar-refractivity contribution >= 4 is 5.91 Å². The van der Waals surface area contributed by atoms with Gasteiger partial charge in [-0.05, 0) is 38.3 Å². The molecule has 3 heterocycles. The minimum Gasteiger partial charge on any atom is -0.381 e. The molecule has 1 saturated carbocycles. The van der Waals surface area contributed by atoms with E-state index in [0.717, 1.165) is 57.4 Å². The summed E-state index contributed by atoms with van der Waals surface area (Å²) in [5.41, 5.74) is 1.08. The van der Waals surface area contributed by atoms with Crippen molar-refractivity contribution in [2.75, 3.05) is 46.4 Å². The summed E-state index contributed by atoms with van der Waals surface area (Å²) < 4.78 is 7.79. The van der Waals surface area contributed by atoms with Crippen molar-refractivity contribution in [1.82, 2.24) is 19.6 Å². The average Bonchev–Trinajstić information content (AvgIpc) is 3.01. The van der Waals surface area contributed by atoms with Gasteiger partial charge in [0.15, 0.2) is 0 Å². The van der Waals surface area contributed by atoms with E-state index in [1.54, 1.807) is 4.68 Å². The fourth-order valence-corrected chi connectivity index (χ4v) is 4.59. The molecule has 3 fully saturated rings. The lowest BCUT2D eigenvalue weighted by Crippen LogP contribution is -2.38. The molecule has 3 aliphatic rings. The lowest BCUT2D eigenvalue weighted by molar-refractivity contribution is -0.130. The van der Waals surface area contributed by atoms with Gasteiger partial charge in [-0.15, -0.1) is 0 Å². The highest BCUT2D eigenvalue weighted by molar-refractivity contribution is 5.78. The van der Waals surface area contributed by atoms with Gasteiger partial charge in [-0.3, -0.25) is 9.48 Å². The number of carbonyl (C=O) groups excluding carboxylic acids is 1.